The number of hydrogen-bond acceptors (Lipinski definition) is 1. The van der Waals surface area contributed by atoms with Crippen LogP contribution in [0.1, 0.15) is 11.1 Å². The molecule has 0 saturated heterocycles. The van der Waals surface area contributed by atoms with Crippen molar-refractivity contribution in [2.24, 2.45) is 0 Å². The summed E-state index contributed by atoms with van der Waals surface area (Å²) in [6, 6.07) is 11.9. The second-order valence-electron chi connectivity index (χ2n) is 4.23. The van der Waals surface area contributed by atoms with Gasteiger partial charge in [-0.15, -0.1) is 0 Å². The number of carbonyl (C=O) groups excluding carboxylic acids is 1. The van der Waals surface area contributed by atoms with Crippen LogP contribution in [-0.4, -0.2) is 5.78 Å². The van der Waals surface area contributed by atoms with Crippen molar-refractivity contribution in [2.75, 3.05) is 0 Å². The number of Topliss-reactive ketones (excluding diaryl/α,β-unsaturated/α-hetero) is 1. The van der Waals surface area contributed by atoms with Gasteiger partial charge in [-0.25, -0.2) is 4.39 Å². The van der Waals surface area contributed by atoms with Crippen molar-refractivity contribution in [2.45, 2.75) is 12.8 Å². The van der Waals surface area contributed by atoms with E-state index in [1.54, 1.807) is 18.2 Å². The van der Waals surface area contributed by atoms with Gasteiger partial charge in [0.1, 0.15) is 11.6 Å². The number of ketones is 1. The fourth-order valence-corrected chi connectivity index (χ4v) is 2.42. The van der Waals surface area contributed by atoms with Crippen LogP contribution < -0.4 is 0 Å². The Morgan fingerprint density at radius 2 is 1.89 bits per heavy atom. The molecule has 2 aromatic rings. The molecular formula is C15H11BrClFO. The number of halogens is 3. The normalized spacial score (nSPS) is 10.5. The fourth-order valence-electron chi connectivity index (χ4n) is 1.79. The Kier molecular flexibility index (Phi) is 4.72. The first kappa shape index (κ1) is 14.2. The average Bonchev–Trinajstić information content (AvgIpc) is 2.37. The minimum absolute atomic E-state index is 0.0478. The molecule has 0 spiro atoms. The highest BCUT2D eigenvalue weighted by Crippen LogP contribution is 2.19. The topological polar surface area (TPSA) is 17.1 Å². The molecule has 1 nitrogen and oxygen atoms in total. The molecule has 4 heteroatoms. The van der Waals surface area contributed by atoms with Gasteiger partial charge in [0.05, 0.1) is 4.47 Å². The third-order valence-corrected chi connectivity index (χ3v) is 3.71. The summed E-state index contributed by atoms with van der Waals surface area (Å²) in [5.41, 5.74) is 1.60. The van der Waals surface area contributed by atoms with E-state index < -0.39 is 0 Å². The lowest BCUT2D eigenvalue weighted by Crippen LogP contribution is -2.07. The van der Waals surface area contributed by atoms with Crippen LogP contribution in [0.3, 0.4) is 0 Å². The fraction of sp³-hybridized carbons (Fsp3) is 0.133. The van der Waals surface area contributed by atoms with Gasteiger partial charge in [-0.2, -0.15) is 0 Å². The predicted molar refractivity (Wildman–Crippen MR) is 78.0 cm³/mol. The average molecular weight is 342 g/mol. The third-order valence-electron chi connectivity index (χ3n) is 2.73. The number of benzene rings is 2. The molecule has 19 heavy (non-hydrogen) atoms. The van der Waals surface area contributed by atoms with Crippen LogP contribution in [0.25, 0.3) is 0 Å². The summed E-state index contributed by atoms with van der Waals surface area (Å²) >= 11 is 9.12. The number of rotatable bonds is 4. The molecule has 0 saturated carbocycles. The molecule has 0 radical (unpaired) electrons. The summed E-state index contributed by atoms with van der Waals surface area (Å²) in [7, 11) is 0. The van der Waals surface area contributed by atoms with Crippen LogP contribution in [0.15, 0.2) is 46.9 Å². The Labute approximate surface area is 124 Å². The lowest BCUT2D eigenvalue weighted by molar-refractivity contribution is -0.117. The summed E-state index contributed by atoms with van der Waals surface area (Å²) in [5.74, 6) is -0.283. The molecule has 0 amide bonds. The first-order chi connectivity index (χ1) is 9.06. The van der Waals surface area contributed by atoms with Crippen LogP contribution in [0.5, 0.6) is 0 Å². The Morgan fingerprint density at radius 1 is 1.16 bits per heavy atom. The van der Waals surface area contributed by atoms with Crippen LogP contribution in [-0.2, 0) is 17.6 Å². The second kappa shape index (κ2) is 6.31. The van der Waals surface area contributed by atoms with Crippen LogP contribution in [0.2, 0.25) is 5.02 Å². The molecule has 2 rings (SSSR count). The number of hydrogen-bond donors (Lipinski definition) is 0. The van der Waals surface area contributed by atoms with Crippen molar-refractivity contribution in [3.05, 3.63) is 68.9 Å². The summed E-state index contributed by atoms with van der Waals surface area (Å²) in [5, 5.41) is 0.594. The highest BCUT2D eigenvalue weighted by atomic mass is 79.9. The van der Waals surface area contributed by atoms with Crippen LogP contribution >= 0.6 is 27.5 Å². The van der Waals surface area contributed by atoms with Gasteiger partial charge in [0.25, 0.3) is 0 Å². The van der Waals surface area contributed by atoms with Crippen molar-refractivity contribution in [3.63, 3.8) is 0 Å². The lowest BCUT2D eigenvalue weighted by atomic mass is 10.0. The second-order valence-corrected chi connectivity index (χ2v) is 5.49. The minimum atomic E-state index is -0.331. The van der Waals surface area contributed by atoms with E-state index in [1.165, 1.54) is 6.07 Å². The van der Waals surface area contributed by atoms with Crippen molar-refractivity contribution < 1.29 is 9.18 Å². The molecule has 0 atom stereocenters. The van der Waals surface area contributed by atoms with Crippen molar-refractivity contribution in [1.29, 1.82) is 0 Å². The highest BCUT2D eigenvalue weighted by molar-refractivity contribution is 9.10. The van der Waals surface area contributed by atoms with Crippen molar-refractivity contribution in [3.8, 4) is 0 Å². The van der Waals surface area contributed by atoms with E-state index in [1.807, 2.05) is 18.2 Å². The summed E-state index contributed by atoms with van der Waals surface area (Å²) < 4.78 is 13.5. The van der Waals surface area contributed by atoms with E-state index in [0.29, 0.717) is 9.50 Å². The van der Waals surface area contributed by atoms with Crippen molar-refractivity contribution in [1.82, 2.24) is 0 Å². The molecule has 0 N–H and O–H groups in total. The predicted octanol–water partition coefficient (Wildman–Crippen LogP) is 4.60. The molecule has 0 bridgehead atoms. The van der Waals surface area contributed by atoms with Gasteiger partial charge in [-0.1, -0.05) is 35.9 Å². The summed E-state index contributed by atoms with van der Waals surface area (Å²) in [6.45, 7) is 0. The van der Waals surface area contributed by atoms with Gasteiger partial charge < -0.3 is 0 Å². The highest BCUT2D eigenvalue weighted by Gasteiger charge is 2.09. The maximum Gasteiger partial charge on any atom is 0.141 e. The molecule has 0 heterocycles. The van der Waals surface area contributed by atoms with E-state index in [2.05, 4.69) is 15.9 Å². The molecule has 0 aliphatic carbocycles. The van der Waals surface area contributed by atoms with E-state index in [4.69, 9.17) is 11.6 Å². The zero-order chi connectivity index (χ0) is 13.8. The largest absolute Gasteiger partial charge is 0.299 e. The zero-order valence-corrected chi connectivity index (χ0v) is 12.3. The van der Waals surface area contributed by atoms with Gasteiger partial charge in [0.2, 0.25) is 0 Å². The van der Waals surface area contributed by atoms with E-state index in [9.17, 15) is 9.18 Å². The van der Waals surface area contributed by atoms with Gasteiger partial charge >= 0.3 is 0 Å². The molecule has 0 fully saturated rings. The molecule has 98 valence electrons. The lowest BCUT2D eigenvalue weighted by Gasteiger charge is -2.04. The Balaban J connectivity index is 2.05. The zero-order valence-electron chi connectivity index (χ0n) is 10.00. The Morgan fingerprint density at radius 3 is 2.58 bits per heavy atom. The van der Waals surface area contributed by atoms with Gasteiger partial charge in [-0.3, -0.25) is 4.79 Å². The van der Waals surface area contributed by atoms with Gasteiger partial charge in [0.15, 0.2) is 0 Å². The molecule has 0 aliphatic heterocycles. The monoisotopic (exact) mass is 340 g/mol. The molecule has 0 unspecified atom stereocenters. The van der Waals surface area contributed by atoms with Gasteiger partial charge in [0, 0.05) is 17.9 Å². The first-order valence-corrected chi connectivity index (χ1v) is 6.92. The van der Waals surface area contributed by atoms with E-state index >= 15 is 0 Å². The quantitative estimate of drug-likeness (QED) is 0.794. The molecular weight excluding hydrogens is 331 g/mol. The Hall–Kier alpha value is -1.19. The van der Waals surface area contributed by atoms with Crippen molar-refractivity contribution >= 4 is 33.3 Å². The first-order valence-electron chi connectivity index (χ1n) is 5.75. The van der Waals surface area contributed by atoms with E-state index in [-0.39, 0.29) is 24.4 Å². The van der Waals surface area contributed by atoms with Crippen LogP contribution in [0, 0.1) is 5.82 Å². The standard InChI is InChI=1S/C15H11BrClFO/c16-13-8-10(5-6-15(13)18)7-12(19)9-11-3-1-2-4-14(11)17/h1-6,8H,7,9H2. The Bertz CT molecular complexity index is 613. The van der Waals surface area contributed by atoms with E-state index in [0.717, 1.165) is 11.1 Å². The van der Waals surface area contributed by atoms with Crippen LogP contribution in [0.4, 0.5) is 4.39 Å². The summed E-state index contributed by atoms with van der Waals surface area (Å²) in [6.07, 6.45) is 0.554. The maximum atomic E-state index is 13.1. The maximum absolute atomic E-state index is 13.1. The molecule has 0 aliphatic rings. The SMILES string of the molecule is O=C(Cc1ccc(F)c(Br)c1)Cc1ccccc1Cl. The summed E-state index contributed by atoms with van der Waals surface area (Å²) in [4.78, 5) is 12.0. The third kappa shape index (κ3) is 3.88. The molecule has 2 aromatic carbocycles. The number of carbonyl (C=O) groups is 1. The smallest absolute Gasteiger partial charge is 0.141 e. The molecule has 0 aromatic heterocycles. The van der Waals surface area contributed by atoms with Gasteiger partial charge in [-0.05, 0) is 45.3 Å². The minimum Gasteiger partial charge on any atom is -0.299 e.